The second kappa shape index (κ2) is 17.8. The Bertz CT molecular complexity index is 1780. The lowest BCUT2D eigenvalue weighted by atomic mass is 10.0. The largest absolute Gasteiger partial charge is 0.490 e. The van der Waals surface area contributed by atoms with Gasteiger partial charge in [-0.1, -0.05) is 73.7 Å². The van der Waals surface area contributed by atoms with E-state index >= 15 is 0 Å². The zero-order chi connectivity index (χ0) is 36.3. The molecule has 0 radical (unpaired) electrons. The molecule has 1 aliphatic heterocycles. The van der Waals surface area contributed by atoms with Crippen LogP contribution < -0.4 is 15.4 Å². The number of nitrogens with one attached hydrogen (secondary N) is 2. The number of likely N-dealkylation sites (N-methyl/N-ethyl adjacent to an activating group) is 1. The molecule has 10 heteroatoms. The Morgan fingerprint density at radius 3 is 2.49 bits per heavy atom. The molecule has 5 rings (SSSR count). The summed E-state index contributed by atoms with van der Waals surface area (Å²) in [6.07, 6.45) is 2.02. The number of urea groups is 1. The molecule has 1 heterocycles. The lowest BCUT2D eigenvalue weighted by Gasteiger charge is -2.35. The van der Waals surface area contributed by atoms with Gasteiger partial charge in [0, 0.05) is 43.7 Å². The molecule has 4 aromatic carbocycles. The minimum atomic E-state index is -0.525. The lowest BCUT2D eigenvalue weighted by molar-refractivity contribution is -0.115. The van der Waals surface area contributed by atoms with Crippen molar-refractivity contribution in [1.82, 2.24) is 9.80 Å². The monoisotopic (exact) mass is 694 g/mol. The van der Waals surface area contributed by atoms with E-state index in [1.165, 1.54) is 0 Å². The summed E-state index contributed by atoms with van der Waals surface area (Å²) in [7, 11) is 1.74. The number of hydrogen-bond acceptors (Lipinski definition) is 6. The Labute approximate surface area is 300 Å². The van der Waals surface area contributed by atoms with Crippen LogP contribution in [0.2, 0.25) is 0 Å². The Balaban J connectivity index is 1.37. The highest BCUT2D eigenvalue weighted by molar-refractivity contribution is 6.02. The van der Waals surface area contributed by atoms with Gasteiger partial charge < -0.3 is 35.0 Å². The third-order valence-corrected chi connectivity index (χ3v) is 9.37. The van der Waals surface area contributed by atoms with Crippen LogP contribution in [0, 0.1) is 5.92 Å². The van der Waals surface area contributed by atoms with E-state index in [1.54, 1.807) is 42.0 Å². The van der Waals surface area contributed by atoms with Crippen LogP contribution in [-0.4, -0.2) is 84.4 Å². The Hall–Kier alpha value is -4.93. The van der Waals surface area contributed by atoms with Crippen LogP contribution in [0.4, 0.5) is 16.2 Å². The van der Waals surface area contributed by atoms with Crippen LogP contribution in [0.5, 0.6) is 5.75 Å². The molecule has 51 heavy (non-hydrogen) atoms. The molecule has 4 atom stereocenters. The number of ether oxygens (including phenoxy) is 2. The van der Waals surface area contributed by atoms with Crippen LogP contribution in [-0.2, 0) is 16.0 Å². The molecule has 0 aromatic heterocycles. The number of amides is 4. The topological polar surface area (TPSA) is 120 Å². The van der Waals surface area contributed by atoms with Crippen LogP contribution in [0.25, 0.3) is 10.8 Å². The number of hydrogen-bond donors (Lipinski definition) is 3. The van der Waals surface area contributed by atoms with E-state index in [-0.39, 0.29) is 49.4 Å². The number of fused-ring (bicyclic) bond motifs is 2. The second-order valence-electron chi connectivity index (χ2n) is 13.6. The first-order valence-electron chi connectivity index (χ1n) is 17.8. The van der Waals surface area contributed by atoms with Gasteiger partial charge in [0.1, 0.15) is 5.75 Å². The van der Waals surface area contributed by atoms with Crippen LogP contribution in [0.1, 0.15) is 56.0 Å². The molecule has 0 unspecified atom stereocenters. The van der Waals surface area contributed by atoms with Gasteiger partial charge in [0.05, 0.1) is 42.5 Å². The molecule has 10 nitrogen and oxygen atoms in total. The summed E-state index contributed by atoms with van der Waals surface area (Å²) in [6.45, 7) is 6.55. The van der Waals surface area contributed by atoms with Crippen molar-refractivity contribution in [2.75, 3.05) is 44.0 Å². The highest BCUT2D eigenvalue weighted by Gasteiger charge is 2.31. The molecule has 0 fully saturated rings. The quantitative estimate of drug-likeness (QED) is 0.183. The number of benzene rings is 4. The molecule has 0 saturated heterocycles. The summed E-state index contributed by atoms with van der Waals surface area (Å²) in [5.41, 5.74) is 2.38. The van der Waals surface area contributed by atoms with Gasteiger partial charge in [-0.25, -0.2) is 4.79 Å². The summed E-state index contributed by atoms with van der Waals surface area (Å²) >= 11 is 0. The van der Waals surface area contributed by atoms with E-state index in [0.717, 1.165) is 41.3 Å². The highest BCUT2D eigenvalue weighted by Crippen LogP contribution is 2.29. The molecule has 0 spiro atoms. The highest BCUT2D eigenvalue weighted by atomic mass is 16.5. The normalized spacial score (nSPS) is 19.3. The molecule has 3 N–H and O–H groups in total. The van der Waals surface area contributed by atoms with Crippen LogP contribution in [0.15, 0.2) is 91.0 Å². The minimum Gasteiger partial charge on any atom is -0.490 e. The van der Waals surface area contributed by atoms with Crippen molar-refractivity contribution in [2.24, 2.45) is 5.92 Å². The second-order valence-corrected chi connectivity index (χ2v) is 13.6. The fourth-order valence-corrected chi connectivity index (χ4v) is 6.35. The molecule has 0 bridgehead atoms. The lowest BCUT2D eigenvalue weighted by Crippen LogP contribution is -2.48. The van der Waals surface area contributed by atoms with Crippen molar-refractivity contribution >= 4 is 40.0 Å². The Morgan fingerprint density at radius 2 is 1.71 bits per heavy atom. The predicted octanol–water partition coefficient (Wildman–Crippen LogP) is 6.98. The number of anilines is 2. The predicted molar refractivity (Wildman–Crippen MR) is 201 cm³/mol. The number of aliphatic hydroxyl groups is 1. The number of carbonyl (C=O) groups is 3. The molecular formula is C41H50N4O6. The maximum atomic E-state index is 14.4. The standard InChI is InChI=1S/C41H50N4O6/c1-28-25-45(29(2)27-46)40(48)35-24-33(42-39(47)23-31-14-6-5-7-15-31)20-21-37(35)51-30(3)13-10-11-22-50-38(28)26-44(4)41(49)43-36-19-12-17-32-16-8-9-18-34(32)36/h5-9,12,14-21,24,28-30,38,46H,10-11,13,22-23,25-27H2,1-4H3,(H,42,47)(H,43,49)/t28-,29+,30+,38+/m1/s1. The molecular weight excluding hydrogens is 644 g/mol. The minimum absolute atomic E-state index is 0.180. The van der Waals surface area contributed by atoms with E-state index in [4.69, 9.17) is 9.47 Å². The van der Waals surface area contributed by atoms with Crippen molar-refractivity contribution in [2.45, 2.75) is 64.7 Å². The molecule has 1 aliphatic rings. The van der Waals surface area contributed by atoms with Crippen molar-refractivity contribution in [3.63, 3.8) is 0 Å². The molecule has 4 aromatic rings. The zero-order valence-corrected chi connectivity index (χ0v) is 30.0. The molecule has 4 amide bonds. The average Bonchev–Trinajstić information content (AvgIpc) is 3.13. The maximum absolute atomic E-state index is 14.4. The fraction of sp³-hybridized carbons (Fsp3) is 0.390. The number of rotatable bonds is 8. The third kappa shape index (κ3) is 10.1. The number of nitrogens with zero attached hydrogens (tertiary/aromatic N) is 2. The van der Waals surface area contributed by atoms with E-state index < -0.39 is 12.1 Å². The van der Waals surface area contributed by atoms with Gasteiger partial charge in [0.25, 0.3) is 5.91 Å². The van der Waals surface area contributed by atoms with Gasteiger partial charge >= 0.3 is 6.03 Å². The summed E-state index contributed by atoms with van der Waals surface area (Å²) in [6, 6.07) is 27.5. The first-order valence-corrected chi connectivity index (χ1v) is 17.8. The summed E-state index contributed by atoms with van der Waals surface area (Å²) in [5, 5.41) is 18.3. The summed E-state index contributed by atoms with van der Waals surface area (Å²) in [4.78, 5) is 44.1. The van der Waals surface area contributed by atoms with E-state index in [0.29, 0.717) is 30.2 Å². The molecule has 270 valence electrons. The smallest absolute Gasteiger partial charge is 0.321 e. The summed E-state index contributed by atoms with van der Waals surface area (Å²) < 4.78 is 12.8. The first-order chi connectivity index (χ1) is 24.6. The van der Waals surface area contributed by atoms with E-state index in [9.17, 15) is 19.5 Å². The van der Waals surface area contributed by atoms with Crippen LogP contribution in [0.3, 0.4) is 0 Å². The van der Waals surface area contributed by atoms with Crippen molar-refractivity contribution in [3.05, 3.63) is 102 Å². The SMILES string of the molecule is C[C@@H]1CN([C@@H](C)CO)C(=O)c2cc(NC(=O)Cc3ccccc3)ccc2O[C@@H](C)CCCCO[C@H]1CN(C)C(=O)Nc1cccc2ccccc12. The van der Waals surface area contributed by atoms with E-state index in [2.05, 4.69) is 10.6 Å². The Kier molecular flexibility index (Phi) is 13.0. The molecule has 0 aliphatic carbocycles. The van der Waals surface area contributed by atoms with Gasteiger partial charge in [-0.05, 0) is 68.3 Å². The average molecular weight is 695 g/mol. The first kappa shape index (κ1) is 37.3. The number of aliphatic hydroxyl groups excluding tert-OH is 1. The van der Waals surface area contributed by atoms with Crippen molar-refractivity contribution in [1.29, 1.82) is 0 Å². The third-order valence-electron chi connectivity index (χ3n) is 9.37. The maximum Gasteiger partial charge on any atom is 0.321 e. The Morgan fingerprint density at radius 1 is 0.961 bits per heavy atom. The van der Waals surface area contributed by atoms with Gasteiger partial charge in [-0.15, -0.1) is 0 Å². The summed E-state index contributed by atoms with van der Waals surface area (Å²) in [5.74, 6) is -0.323. The number of carbonyl (C=O) groups excluding carboxylic acids is 3. The van der Waals surface area contributed by atoms with Gasteiger partial charge in [-0.2, -0.15) is 0 Å². The van der Waals surface area contributed by atoms with Crippen molar-refractivity contribution in [3.8, 4) is 5.75 Å². The van der Waals surface area contributed by atoms with Gasteiger partial charge in [0.2, 0.25) is 5.91 Å². The van der Waals surface area contributed by atoms with Gasteiger partial charge in [0.15, 0.2) is 0 Å². The fourth-order valence-electron chi connectivity index (χ4n) is 6.35. The van der Waals surface area contributed by atoms with Crippen molar-refractivity contribution < 1.29 is 29.0 Å². The van der Waals surface area contributed by atoms with Gasteiger partial charge in [-0.3, -0.25) is 9.59 Å². The van der Waals surface area contributed by atoms with E-state index in [1.807, 2.05) is 86.6 Å². The molecule has 0 saturated carbocycles. The van der Waals surface area contributed by atoms with Crippen LogP contribution >= 0.6 is 0 Å². The zero-order valence-electron chi connectivity index (χ0n) is 30.0.